The molecule has 2 aromatic rings. The summed E-state index contributed by atoms with van der Waals surface area (Å²) >= 11 is 0. The summed E-state index contributed by atoms with van der Waals surface area (Å²) in [4.78, 5) is 6.90. The Morgan fingerprint density at radius 3 is 2.68 bits per heavy atom. The van der Waals surface area contributed by atoms with Crippen molar-refractivity contribution < 1.29 is 4.74 Å². The van der Waals surface area contributed by atoms with Crippen LogP contribution in [0.5, 0.6) is 5.75 Å². The third kappa shape index (κ3) is 2.95. The van der Waals surface area contributed by atoms with Crippen LogP contribution in [0.3, 0.4) is 0 Å². The molecule has 0 saturated carbocycles. The van der Waals surface area contributed by atoms with Crippen LogP contribution in [0.4, 0.5) is 0 Å². The van der Waals surface area contributed by atoms with E-state index in [0.29, 0.717) is 6.04 Å². The zero-order valence-corrected chi connectivity index (χ0v) is 14.0. The van der Waals surface area contributed by atoms with Crippen LogP contribution < -0.4 is 4.74 Å². The Labute approximate surface area is 133 Å². The topological polar surface area (TPSA) is 25.4 Å². The van der Waals surface area contributed by atoms with Gasteiger partial charge in [0.05, 0.1) is 6.20 Å². The van der Waals surface area contributed by atoms with E-state index in [1.54, 1.807) is 0 Å². The summed E-state index contributed by atoms with van der Waals surface area (Å²) in [6, 6.07) is 8.89. The fourth-order valence-electron chi connectivity index (χ4n) is 3.53. The number of hydrogen-bond donors (Lipinski definition) is 0. The lowest BCUT2D eigenvalue weighted by Crippen LogP contribution is -2.44. The van der Waals surface area contributed by atoms with Crippen LogP contribution in [0, 0.1) is 0 Å². The van der Waals surface area contributed by atoms with Crippen molar-refractivity contribution in [3.8, 4) is 5.75 Å². The molecule has 1 aliphatic heterocycles. The lowest BCUT2D eigenvalue weighted by atomic mass is 10.0. The van der Waals surface area contributed by atoms with Crippen molar-refractivity contribution in [3.63, 3.8) is 0 Å². The molecular formula is C19H26N2O. The highest BCUT2D eigenvalue weighted by Gasteiger charge is 2.38. The van der Waals surface area contributed by atoms with E-state index in [-0.39, 0.29) is 11.6 Å². The van der Waals surface area contributed by atoms with Crippen molar-refractivity contribution in [3.05, 3.63) is 36.7 Å². The molecule has 1 aromatic heterocycles. The van der Waals surface area contributed by atoms with E-state index in [0.717, 1.165) is 29.5 Å². The minimum atomic E-state index is 0.190. The molecule has 3 nitrogen and oxygen atoms in total. The summed E-state index contributed by atoms with van der Waals surface area (Å²) < 4.78 is 6.34. The molecule has 2 heterocycles. The van der Waals surface area contributed by atoms with Crippen LogP contribution in [-0.4, -0.2) is 34.1 Å². The van der Waals surface area contributed by atoms with Gasteiger partial charge in [-0.1, -0.05) is 31.2 Å². The number of fused-ring (bicyclic) bond motifs is 1. The summed E-state index contributed by atoms with van der Waals surface area (Å²) in [5, 5.41) is 2.29. The van der Waals surface area contributed by atoms with Crippen molar-refractivity contribution in [2.24, 2.45) is 0 Å². The van der Waals surface area contributed by atoms with Gasteiger partial charge < -0.3 is 4.74 Å². The average Bonchev–Trinajstić information content (AvgIpc) is 2.91. The Hall–Kier alpha value is -1.61. The first-order valence-corrected chi connectivity index (χ1v) is 8.25. The second kappa shape index (κ2) is 5.88. The smallest absolute Gasteiger partial charge is 0.145 e. The van der Waals surface area contributed by atoms with Gasteiger partial charge in [0, 0.05) is 41.5 Å². The van der Waals surface area contributed by atoms with Crippen LogP contribution in [0.1, 0.15) is 40.5 Å². The second-order valence-corrected chi connectivity index (χ2v) is 7.22. The van der Waals surface area contributed by atoms with Crippen LogP contribution >= 0.6 is 0 Å². The molecule has 2 atom stereocenters. The number of likely N-dealkylation sites (tertiary alicyclic amines) is 1. The maximum atomic E-state index is 6.34. The molecule has 1 saturated heterocycles. The maximum absolute atomic E-state index is 6.34. The quantitative estimate of drug-likeness (QED) is 0.846. The number of hydrogen-bond acceptors (Lipinski definition) is 3. The summed E-state index contributed by atoms with van der Waals surface area (Å²) in [5.74, 6) is 0.911. The van der Waals surface area contributed by atoms with Gasteiger partial charge >= 0.3 is 0 Å². The molecule has 1 fully saturated rings. The molecule has 0 radical (unpaired) electrons. The lowest BCUT2D eigenvalue weighted by Gasteiger charge is -2.36. The predicted molar refractivity (Wildman–Crippen MR) is 91.3 cm³/mol. The van der Waals surface area contributed by atoms with E-state index in [1.165, 1.54) is 6.42 Å². The molecule has 0 spiro atoms. The molecule has 0 amide bonds. The van der Waals surface area contributed by atoms with Crippen LogP contribution in [0.25, 0.3) is 10.8 Å². The van der Waals surface area contributed by atoms with Crippen molar-refractivity contribution in [1.82, 2.24) is 9.88 Å². The highest BCUT2D eigenvalue weighted by atomic mass is 16.5. The Bertz CT molecular complexity index is 642. The number of aromatic nitrogens is 1. The number of ether oxygens (including phenoxy) is 1. The van der Waals surface area contributed by atoms with Crippen molar-refractivity contribution in [2.45, 2.75) is 58.2 Å². The van der Waals surface area contributed by atoms with Gasteiger partial charge in [0.2, 0.25) is 0 Å². The third-order valence-electron chi connectivity index (χ3n) is 4.63. The summed E-state index contributed by atoms with van der Waals surface area (Å²) in [7, 11) is 0. The zero-order chi connectivity index (χ0) is 15.7. The highest BCUT2D eigenvalue weighted by molar-refractivity contribution is 5.87. The number of pyridine rings is 1. The van der Waals surface area contributed by atoms with E-state index in [9.17, 15) is 0 Å². The maximum Gasteiger partial charge on any atom is 0.145 e. The van der Waals surface area contributed by atoms with Crippen molar-refractivity contribution in [1.29, 1.82) is 0 Å². The number of benzene rings is 1. The SMILES string of the molecule is CCC1CC(Oc2cncc3ccccc23)CN1C(C)(C)C. The van der Waals surface area contributed by atoms with E-state index >= 15 is 0 Å². The standard InChI is InChI=1S/C19H26N2O/c1-5-15-10-16(13-21(15)19(2,3)4)22-18-12-20-11-14-8-6-7-9-17(14)18/h6-9,11-12,15-16H,5,10,13H2,1-4H3. The summed E-state index contributed by atoms with van der Waals surface area (Å²) in [5.41, 5.74) is 0.190. The first-order valence-electron chi connectivity index (χ1n) is 8.25. The molecule has 3 rings (SSSR count). The minimum absolute atomic E-state index is 0.190. The Balaban J connectivity index is 1.81. The second-order valence-electron chi connectivity index (χ2n) is 7.22. The van der Waals surface area contributed by atoms with E-state index < -0.39 is 0 Å². The Morgan fingerprint density at radius 2 is 2.00 bits per heavy atom. The van der Waals surface area contributed by atoms with E-state index in [1.807, 2.05) is 18.5 Å². The first-order chi connectivity index (χ1) is 10.5. The third-order valence-corrected chi connectivity index (χ3v) is 4.63. The van der Waals surface area contributed by atoms with Gasteiger partial charge in [-0.25, -0.2) is 0 Å². The van der Waals surface area contributed by atoms with Gasteiger partial charge in [-0.05, 0) is 27.2 Å². The van der Waals surface area contributed by atoms with Gasteiger partial charge in [0.15, 0.2) is 0 Å². The fraction of sp³-hybridized carbons (Fsp3) is 0.526. The molecule has 1 aromatic carbocycles. The molecule has 0 N–H and O–H groups in total. The largest absolute Gasteiger partial charge is 0.487 e. The molecule has 0 bridgehead atoms. The minimum Gasteiger partial charge on any atom is -0.487 e. The van der Waals surface area contributed by atoms with Crippen molar-refractivity contribution >= 4 is 10.8 Å². The fourth-order valence-corrected chi connectivity index (χ4v) is 3.53. The Kier molecular flexibility index (Phi) is 4.09. The van der Waals surface area contributed by atoms with Crippen LogP contribution in [0.2, 0.25) is 0 Å². The van der Waals surface area contributed by atoms with Crippen molar-refractivity contribution in [2.75, 3.05) is 6.54 Å². The molecule has 2 unspecified atom stereocenters. The molecule has 0 aliphatic carbocycles. The van der Waals surface area contributed by atoms with Crippen LogP contribution in [0.15, 0.2) is 36.7 Å². The first kappa shape index (κ1) is 15.3. The molecule has 1 aliphatic rings. The van der Waals surface area contributed by atoms with E-state index in [2.05, 4.69) is 55.8 Å². The summed E-state index contributed by atoms with van der Waals surface area (Å²) in [6.45, 7) is 10.1. The molecule has 3 heteroatoms. The molecular weight excluding hydrogens is 272 g/mol. The lowest BCUT2D eigenvalue weighted by molar-refractivity contribution is 0.107. The molecule has 22 heavy (non-hydrogen) atoms. The highest BCUT2D eigenvalue weighted by Crippen LogP contribution is 2.32. The van der Waals surface area contributed by atoms with Gasteiger partial charge in [-0.2, -0.15) is 0 Å². The molecule has 118 valence electrons. The van der Waals surface area contributed by atoms with Gasteiger partial charge in [0.1, 0.15) is 11.9 Å². The number of rotatable bonds is 3. The van der Waals surface area contributed by atoms with Gasteiger partial charge in [-0.15, -0.1) is 0 Å². The monoisotopic (exact) mass is 298 g/mol. The van der Waals surface area contributed by atoms with Gasteiger partial charge in [0.25, 0.3) is 0 Å². The van der Waals surface area contributed by atoms with Gasteiger partial charge in [-0.3, -0.25) is 9.88 Å². The Morgan fingerprint density at radius 1 is 1.23 bits per heavy atom. The normalized spacial score (nSPS) is 23.1. The van der Waals surface area contributed by atoms with Crippen LogP contribution in [-0.2, 0) is 0 Å². The number of nitrogens with zero attached hydrogens (tertiary/aromatic N) is 2. The predicted octanol–water partition coefficient (Wildman–Crippen LogP) is 4.27. The zero-order valence-electron chi connectivity index (χ0n) is 14.0. The summed E-state index contributed by atoms with van der Waals surface area (Å²) in [6.07, 6.45) is 6.26. The van der Waals surface area contributed by atoms with E-state index in [4.69, 9.17) is 4.74 Å². The average molecular weight is 298 g/mol.